The maximum Gasteiger partial charge on any atom is 0.378 e. The number of hydrogen-bond acceptors (Lipinski definition) is 6. The number of unbranched alkanes of at least 4 members (excludes halogenated alkanes) is 15. The summed E-state index contributed by atoms with van der Waals surface area (Å²) in [5, 5.41) is 18.6. The van der Waals surface area contributed by atoms with Gasteiger partial charge >= 0.3 is 5.97 Å². The van der Waals surface area contributed by atoms with Crippen LogP contribution < -0.4 is 0 Å². The molecule has 0 aromatic rings. The number of aliphatic hydroxyl groups excluding tert-OH is 2. The Bertz CT molecular complexity index is 453. The zero-order valence-electron chi connectivity index (χ0n) is 19.0. The summed E-state index contributed by atoms with van der Waals surface area (Å²) in [6.45, 7) is 2.03. The fourth-order valence-corrected chi connectivity index (χ4v) is 3.92. The molecular formula is C24H44O6. The lowest BCUT2D eigenvalue weighted by Gasteiger charge is -2.20. The lowest BCUT2D eigenvalue weighted by molar-refractivity contribution is -0.152. The van der Waals surface area contributed by atoms with Crippen LogP contribution in [-0.4, -0.2) is 53.5 Å². The molecule has 0 amide bonds. The van der Waals surface area contributed by atoms with Crippen LogP contribution in [0, 0.1) is 0 Å². The molecule has 0 aromatic heterocycles. The highest BCUT2D eigenvalue weighted by atomic mass is 16.6. The van der Waals surface area contributed by atoms with Crippen LogP contribution in [-0.2, 0) is 19.1 Å². The van der Waals surface area contributed by atoms with Gasteiger partial charge in [0.2, 0.25) is 0 Å². The Kier molecular flexibility index (Phi) is 15.9. The Labute approximate surface area is 182 Å². The van der Waals surface area contributed by atoms with E-state index in [1.54, 1.807) is 0 Å². The van der Waals surface area contributed by atoms with Gasteiger partial charge in [-0.05, 0) is 6.42 Å². The standard InChI is InChI=1S/C24H44O6/c1-2-3-4-5-6-7-8-9-10-11-12-13-14-15-16-17-18-29-23-21(27)24(28)30-22(23)20(26)19-25/h20,22-23,25-26H,2-19H2,1H3/t20-,22-,23?/m1/s1. The smallest absolute Gasteiger partial charge is 0.378 e. The Morgan fingerprint density at radius 1 is 0.800 bits per heavy atom. The zero-order chi connectivity index (χ0) is 22.0. The van der Waals surface area contributed by atoms with Gasteiger partial charge in [0.1, 0.15) is 6.10 Å². The summed E-state index contributed by atoms with van der Waals surface area (Å²) >= 11 is 0. The lowest BCUT2D eigenvalue weighted by Crippen LogP contribution is -2.41. The highest BCUT2D eigenvalue weighted by Crippen LogP contribution is 2.20. The third kappa shape index (κ3) is 11.4. The van der Waals surface area contributed by atoms with Crippen molar-refractivity contribution in [2.75, 3.05) is 13.2 Å². The quantitative estimate of drug-likeness (QED) is 0.169. The molecule has 0 bridgehead atoms. The lowest BCUT2D eigenvalue weighted by atomic mass is 10.0. The molecule has 0 radical (unpaired) electrons. The Morgan fingerprint density at radius 3 is 1.67 bits per heavy atom. The van der Waals surface area contributed by atoms with E-state index >= 15 is 0 Å². The van der Waals surface area contributed by atoms with Crippen molar-refractivity contribution >= 4 is 11.8 Å². The van der Waals surface area contributed by atoms with Crippen LogP contribution in [0.4, 0.5) is 0 Å². The third-order valence-electron chi connectivity index (χ3n) is 5.86. The van der Waals surface area contributed by atoms with Crippen LogP contribution in [0.15, 0.2) is 0 Å². The number of esters is 1. The number of Topliss-reactive ketones (excluding diaryl/α,β-unsaturated/α-hetero) is 1. The molecule has 0 aliphatic carbocycles. The van der Waals surface area contributed by atoms with Crippen LogP contribution in [0.2, 0.25) is 0 Å². The monoisotopic (exact) mass is 428 g/mol. The summed E-state index contributed by atoms with van der Waals surface area (Å²) in [5.74, 6) is -1.77. The number of ether oxygens (including phenoxy) is 2. The van der Waals surface area contributed by atoms with Crippen molar-refractivity contribution in [2.45, 2.75) is 128 Å². The first-order chi connectivity index (χ1) is 14.6. The number of hydrogen-bond donors (Lipinski definition) is 2. The molecule has 6 heteroatoms. The van der Waals surface area contributed by atoms with Crippen molar-refractivity contribution in [1.82, 2.24) is 0 Å². The average Bonchev–Trinajstić information content (AvgIpc) is 3.03. The summed E-state index contributed by atoms with van der Waals surface area (Å²) < 4.78 is 10.3. The molecule has 1 aliphatic rings. The summed E-state index contributed by atoms with van der Waals surface area (Å²) in [6.07, 6.45) is 17.1. The van der Waals surface area contributed by atoms with E-state index in [0.717, 1.165) is 19.3 Å². The number of aliphatic hydroxyl groups is 2. The average molecular weight is 429 g/mol. The number of carbonyl (C=O) groups is 2. The van der Waals surface area contributed by atoms with Gasteiger partial charge in [-0.3, -0.25) is 4.79 Å². The minimum atomic E-state index is -1.30. The molecule has 3 atom stereocenters. The number of carbonyl (C=O) groups excluding carboxylic acids is 2. The Balaban J connectivity index is 1.88. The SMILES string of the molecule is CCCCCCCCCCCCCCCCCCOC1C(=O)C(=O)O[C@@H]1[C@H](O)CO. The van der Waals surface area contributed by atoms with Gasteiger partial charge in [0.05, 0.1) is 6.61 Å². The van der Waals surface area contributed by atoms with E-state index in [1.165, 1.54) is 83.5 Å². The second-order valence-corrected chi connectivity index (χ2v) is 8.58. The molecule has 0 aromatic carbocycles. The maximum absolute atomic E-state index is 11.7. The van der Waals surface area contributed by atoms with Crippen LogP contribution in [0.25, 0.3) is 0 Å². The largest absolute Gasteiger partial charge is 0.450 e. The molecule has 1 saturated heterocycles. The van der Waals surface area contributed by atoms with E-state index in [4.69, 9.17) is 14.6 Å². The molecular weight excluding hydrogens is 384 g/mol. The highest BCUT2D eigenvalue weighted by molar-refractivity contribution is 6.37. The van der Waals surface area contributed by atoms with Crippen molar-refractivity contribution < 1.29 is 29.3 Å². The van der Waals surface area contributed by atoms with Gasteiger partial charge in [-0.2, -0.15) is 0 Å². The first kappa shape index (κ1) is 27.1. The normalized spacial score (nSPS) is 20.0. The molecule has 0 saturated carbocycles. The van der Waals surface area contributed by atoms with E-state index in [1.807, 2.05) is 0 Å². The summed E-state index contributed by atoms with van der Waals surface area (Å²) in [6, 6.07) is 0. The fraction of sp³-hybridized carbons (Fsp3) is 0.917. The first-order valence-corrected chi connectivity index (χ1v) is 12.3. The van der Waals surface area contributed by atoms with E-state index in [-0.39, 0.29) is 0 Å². The van der Waals surface area contributed by atoms with Crippen molar-refractivity contribution in [3.05, 3.63) is 0 Å². The van der Waals surface area contributed by atoms with E-state index in [0.29, 0.717) is 6.61 Å². The number of cyclic esters (lactones) is 1. The number of ketones is 1. The van der Waals surface area contributed by atoms with Gasteiger partial charge in [-0.1, -0.05) is 103 Å². The molecule has 1 unspecified atom stereocenters. The molecule has 1 rings (SSSR count). The van der Waals surface area contributed by atoms with Crippen LogP contribution in [0.3, 0.4) is 0 Å². The summed E-state index contributed by atoms with van der Waals surface area (Å²) in [4.78, 5) is 23.1. The topological polar surface area (TPSA) is 93.1 Å². The molecule has 1 fully saturated rings. The van der Waals surface area contributed by atoms with Gasteiger partial charge < -0.3 is 19.7 Å². The molecule has 1 heterocycles. The van der Waals surface area contributed by atoms with Crippen LogP contribution >= 0.6 is 0 Å². The molecule has 1 aliphatic heterocycles. The molecule has 176 valence electrons. The summed E-state index contributed by atoms with van der Waals surface area (Å²) in [5.41, 5.74) is 0. The van der Waals surface area contributed by atoms with Crippen LogP contribution in [0.5, 0.6) is 0 Å². The molecule has 30 heavy (non-hydrogen) atoms. The van der Waals surface area contributed by atoms with Crippen molar-refractivity contribution in [3.63, 3.8) is 0 Å². The fourth-order valence-electron chi connectivity index (χ4n) is 3.92. The van der Waals surface area contributed by atoms with E-state index < -0.39 is 36.7 Å². The Morgan fingerprint density at radius 2 is 1.23 bits per heavy atom. The molecule has 2 N–H and O–H groups in total. The van der Waals surface area contributed by atoms with Gasteiger partial charge in [0, 0.05) is 6.61 Å². The molecule has 6 nitrogen and oxygen atoms in total. The molecule has 0 spiro atoms. The van der Waals surface area contributed by atoms with Crippen LogP contribution in [0.1, 0.15) is 110 Å². The number of rotatable bonds is 20. The van der Waals surface area contributed by atoms with E-state index in [9.17, 15) is 14.7 Å². The second-order valence-electron chi connectivity index (χ2n) is 8.58. The van der Waals surface area contributed by atoms with E-state index in [2.05, 4.69) is 6.92 Å². The third-order valence-corrected chi connectivity index (χ3v) is 5.86. The van der Waals surface area contributed by atoms with Gasteiger partial charge in [-0.25, -0.2) is 4.79 Å². The Hall–Kier alpha value is -0.980. The minimum Gasteiger partial charge on any atom is -0.450 e. The van der Waals surface area contributed by atoms with Crippen molar-refractivity contribution in [3.8, 4) is 0 Å². The van der Waals surface area contributed by atoms with Crippen molar-refractivity contribution in [1.29, 1.82) is 0 Å². The maximum atomic E-state index is 11.7. The van der Waals surface area contributed by atoms with Crippen molar-refractivity contribution in [2.24, 2.45) is 0 Å². The minimum absolute atomic E-state index is 0.347. The highest BCUT2D eigenvalue weighted by Gasteiger charge is 2.47. The van der Waals surface area contributed by atoms with Gasteiger partial charge in [-0.15, -0.1) is 0 Å². The zero-order valence-corrected chi connectivity index (χ0v) is 19.0. The van der Waals surface area contributed by atoms with Gasteiger partial charge in [0.15, 0.2) is 12.2 Å². The first-order valence-electron chi connectivity index (χ1n) is 12.3. The van der Waals surface area contributed by atoms with Gasteiger partial charge in [0.25, 0.3) is 5.78 Å². The predicted molar refractivity (Wildman–Crippen MR) is 117 cm³/mol. The summed E-state index contributed by atoms with van der Waals surface area (Å²) in [7, 11) is 0. The predicted octanol–water partition coefficient (Wildman–Crippen LogP) is 4.48. The second kappa shape index (κ2) is 17.7.